The zero-order valence-electron chi connectivity index (χ0n) is 13.3. The number of hydrogen-bond acceptors (Lipinski definition) is 4. The van der Waals surface area contributed by atoms with Crippen LogP contribution in [-0.4, -0.2) is 56.6 Å². The van der Waals surface area contributed by atoms with E-state index >= 15 is 0 Å². The lowest BCUT2D eigenvalue weighted by Crippen LogP contribution is -2.40. The minimum atomic E-state index is -0.105. The second kappa shape index (κ2) is 7.38. The quantitative estimate of drug-likeness (QED) is 0.871. The van der Waals surface area contributed by atoms with Crippen molar-refractivity contribution < 1.29 is 14.3 Å². The normalized spacial score (nSPS) is 17.9. The van der Waals surface area contributed by atoms with Crippen molar-refractivity contribution in [3.63, 3.8) is 0 Å². The van der Waals surface area contributed by atoms with Crippen LogP contribution in [0.4, 0.5) is 5.69 Å². The van der Waals surface area contributed by atoms with Crippen LogP contribution in [0.1, 0.15) is 22.3 Å². The summed E-state index contributed by atoms with van der Waals surface area (Å²) in [7, 11) is 3.40. The minimum absolute atomic E-state index is 0.0877. The third-order valence-electron chi connectivity index (χ3n) is 3.58. The third kappa shape index (κ3) is 4.29. The maximum Gasteiger partial charge on any atom is 0.253 e. The first-order valence-corrected chi connectivity index (χ1v) is 7.42. The average Bonchev–Trinajstić information content (AvgIpc) is 2.49. The Labute approximate surface area is 130 Å². The molecule has 6 nitrogen and oxygen atoms in total. The van der Waals surface area contributed by atoms with Crippen LogP contribution in [0.5, 0.6) is 0 Å². The highest BCUT2D eigenvalue weighted by Crippen LogP contribution is 2.18. The van der Waals surface area contributed by atoms with Crippen molar-refractivity contribution in [3.05, 3.63) is 29.3 Å². The monoisotopic (exact) mass is 305 g/mol. The highest BCUT2D eigenvalue weighted by molar-refractivity contribution is 5.97. The van der Waals surface area contributed by atoms with E-state index in [1.807, 2.05) is 13.0 Å². The van der Waals surface area contributed by atoms with E-state index in [9.17, 15) is 9.59 Å². The van der Waals surface area contributed by atoms with Crippen LogP contribution in [-0.2, 0) is 9.53 Å². The third-order valence-corrected chi connectivity index (χ3v) is 3.58. The first-order chi connectivity index (χ1) is 10.5. The van der Waals surface area contributed by atoms with Crippen LogP contribution in [0.2, 0.25) is 0 Å². The van der Waals surface area contributed by atoms with E-state index in [0.29, 0.717) is 30.8 Å². The fourth-order valence-corrected chi connectivity index (χ4v) is 2.31. The molecule has 0 aliphatic carbocycles. The van der Waals surface area contributed by atoms with Gasteiger partial charge < -0.3 is 20.3 Å². The highest BCUT2D eigenvalue weighted by atomic mass is 16.5. The van der Waals surface area contributed by atoms with Crippen molar-refractivity contribution in [1.29, 1.82) is 0 Å². The molecule has 1 heterocycles. The van der Waals surface area contributed by atoms with Crippen molar-refractivity contribution in [2.45, 2.75) is 19.4 Å². The van der Waals surface area contributed by atoms with Gasteiger partial charge in [0.1, 0.15) is 0 Å². The number of amides is 2. The predicted molar refractivity (Wildman–Crippen MR) is 85.1 cm³/mol. The molecule has 2 rings (SSSR count). The molecule has 1 atom stereocenters. The topological polar surface area (TPSA) is 70.7 Å². The number of aryl methyl sites for hydroxylation is 1. The molecule has 1 saturated heterocycles. The Bertz CT molecular complexity index is 552. The summed E-state index contributed by atoms with van der Waals surface area (Å²) < 4.78 is 5.53. The van der Waals surface area contributed by atoms with Crippen molar-refractivity contribution >= 4 is 17.5 Å². The Morgan fingerprint density at radius 3 is 2.82 bits per heavy atom. The van der Waals surface area contributed by atoms with Gasteiger partial charge in [0.25, 0.3) is 5.91 Å². The van der Waals surface area contributed by atoms with E-state index < -0.39 is 0 Å². The maximum atomic E-state index is 12.1. The summed E-state index contributed by atoms with van der Waals surface area (Å²) in [5.74, 6) is -0.193. The molecule has 1 unspecified atom stereocenters. The number of nitrogens with zero attached hydrogens (tertiary/aromatic N) is 1. The van der Waals surface area contributed by atoms with Crippen molar-refractivity contribution in [3.8, 4) is 0 Å². The van der Waals surface area contributed by atoms with Crippen LogP contribution in [0.25, 0.3) is 0 Å². The molecule has 0 spiro atoms. The van der Waals surface area contributed by atoms with Crippen LogP contribution in [0.15, 0.2) is 18.2 Å². The van der Waals surface area contributed by atoms with E-state index in [4.69, 9.17) is 4.74 Å². The fraction of sp³-hybridized carbons (Fsp3) is 0.500. The van der Waals surface area contributed by atoms with Crippen LogP contribution >= 0.6 is 0 Å². The molecule has 1 aromatic carbocycles. The second-order valence-electron chi connectivity index (χ2n) is 5.68. The number of carbonyl (C=O) groups excluding carboxylic acids is 2. The molecule has 1 fully saturated rings. The summed E-state index contributed by atoms with van der Waals surface area (Å²) in [6, 6.07) is 5.32. The summed E-state index contributed by atoms with van der Waals surface area (Å²) in [5, 5.41) is 6.07. The van der Waals surface area contributed by atoms with Gasteiger partial charge in [-0.15, -0.1) is 0 Å². The molecule has 1 aliphatic rings. The lowest BCUT2D eigenvalue weighted by atomic mass is 10.1. The standard InChI is InChI=1S/C16H23N3O3/c1-11-4-5-12(16(21)19(2)3)8-14(11)18-15(20)9-13-10-17-6-7-22-13/h4-5,8,13,17H,6-7,9-10H2,1-3H3,(H,18,20). The molecule has 1 aromatic rings. The smallest absolute Gasteiger partial charge is 0.253 e. The molecule has 0 aromatic heterocycles. The average molecular weight is 305 g/mol. The molecule has 1 aliphatic heterocycles. The van der Waals surface area contributed by atoms with Crippen molar-refractivity contribution in [1.82, 2.24) is 10.2 Å². The Balaban J connectivity index is 2.03. The van der Waals surface area contributed by atoms with Gasteiger partial charge in [-0.05, 0) is 24.6 Å². The molecular formula is C16H23N3O3. The van der Waals surface area contributed by atoms with Crippen LogP contribution < -0.4 is 10.6 Å². The number of anilines is 1. The van der Waals surface area contributed by atoms with Crippen molar-refractivity contribution in [2.24, 2.45) is 0 Å². The van der Waals surface area contributed by atoms with E-state index in [0.717, 1.165) is 12.1 Å². The number of hydrogen-bond donors (Lipinski definition) is 2. The zero-order chi connectivity index (χ0) is 16.1. The predicted octanol–water partition coefficient (Wildman–Crippen LogP) is 1.01. The number of nitrogens with one attached hydrogen (secondary N) is 2. The Morgan fingerprint density at radius 2 is 2.18 bits per heavy atom. The summed E-state index contributed by atoms with van der Waals surface area (Å²) >= 11 is 0. The molecule has 2 amide bonds. The lowest BCUT2D eigenvalue weighted by Gasteiger charge is -2.23. The van der Waals surface area contributed by atoms with Crippen LogP contribution in [0, 0.1) is 6.92 Å². The Morgan fingerprint density at radius 1 is 1.41 bits per heavy atom. The van der Waals surface area contributed by atoms with Gasteiger partial charge in [0.05, 0.1) is 19.1 Å². The first-order valence-electron chi connectivity index (χ1n) is 7.42. The molecule has 6 heteroatoms. The van der Waals surface area contributed by atoms with Gasteiger partial charge >= 0.3 is 0 Å². The number of ether oxygens (including phenoxy) is 1. The van der Waals surface area contributed by atoms with Gasteiger partial charge in [0, 0.05) is 38.4 Å². The van der Waals surface area contributed by atoms with Gasteiger partial charge in [0.2, 0.25) is 5.91 Å². The molecule has 120 valence electrons. The number of morpholine rings is 1. The van der Waals surface area contributed by atoms with E-state index in [1.54, 1.807) is 26.2 Å². The molecule has 0 saturated carbocycles. The summed E-state index contributed by atoms with van der Waals surface area (Å²) in [5.41, 5.74) is 2.15. The Kier molecular flexibility index (Phi) is 5.51. The number of rotatable bonds is 4. The fourth-order valence-electron chi connectivity index (χ4n) is 2.31. The molecular weight excluding hydrogens is 282 g/mol. The molecule has 2 N–H and O–H groups in total. The van der Waals surface area contributed by atoms with E-state index in [2.05, 4.69) is 10.6 Å². The molecule has 0 radical (unpaired) electrons. The largest absolute Gasteiger partial charge is 0.375 e. The SMILES string of the molecule is Cc1ccc(C(=O)N(C)C)cc1NC(=O)CC1CNCCO1. The summed E-state index contributed by atoms with van der Waals surface area (Å²) in [6.07, 6.45) is 0.207. The zero-order valence-corrected chi connectivity index (χ0v) is 13.3. The van der Waals surface area contributed by atoms with Crippen LogP contribution in [0.3, 0.4) is 0 Å². The van der Waals surface area contributed by atoms with E-state index in [-0.39, 0.29) is 17.9 Å². The number of benzene rings is 1. The van der Waals surface area contributed by atoms with Gasteiger partial charge in [0.15, 0.2) is 0 Å². The van der Waals surface area contributed by atoms with Gasteiger partial charge in [-0.3, -0.25) is 9.59 Å². The highest BCUT2D eigenvalue weighted by Gasteiger charge is 2.18. The second-order valence-corrected chi connectivity index (χ2v) is 5.68. The lowest BCUT2D eigenvalue weighted by molar-refractivity contribution is -0.119. The Hall–Kier alpha value is -1.92. The first kappa shape index (κ1) is 16.5. The molecule has 22 heavy (non-hydrogen) atoms. The van der Waals surface area contributed by atoms with Gasteiger partial charge in [-0.2, -0.15) is 0 Å². The van der Waals surface area contributed by atoms with E-state index in [1.165, 1.54) is 4.90 Å². The van der Waals surface area contributed by atoms with Gasteiger partial charge in [-0.25, -0.2) is 0 Å². The van der Waals surface area contributed by atoms with Gasteiger partial charge in [-0.1, -0.05) is 6.07 Å². The van der Waals surface area contributed by atoms with Crippen molar-refractivity contribution in [2.75, 3.05) is 39.1 Å². The number of carbonyl (C=O) groups is 2. The summed E-state index contributed by atoms with van der Waals surface area (Å²) in [6.45, 7) is 4.04. The maximum absolute atomic E-state index is 12.1. The molecule has 0 bridgehead atoms. The minimum Gasteiger partial charge on any atom is -0.375 e. The summed E-state index contributed by atoms with van der Waals surface area (Å²) in [4.78, 5) is 25.6.